The number of nitrogens with zero attached hydrogens (tertiary/aromatic N) is 3. The number of nitro benzene ring substituents is 1. The van der Waals surface area contributed by atoms with Crippen LogP contribution in [0, 0.1) is 33.8 Å². The Morgan fingerprint density at radius 3 is 2.23 bits per heavy atom. The number of carbonyl (C=O) groups excluding carboxylic acids is 4. The number of carbonyl (C=O) groups is 4. The fourth-order valence-electron chi connectivity index (χ4n) is 9.04. The molecule has 0 unspecified atom stereocenters. The van der Waals surface area contributed by atoms with Crippen LogP contribution in [-0.4, -0.2) is 46.9 Å². The van der Waals surface area contributed by atoms with Crippen molar-refractivity contribution in [2.75, 3.05) is 23.0 Å². The quantitative estimate of drug-likeness (QED) is 0.101. The third-order valence-corrected chi connectivity index (χ3v) is 11.3. The van der Waals surface area contributed by atoms with E-state index in [2.05, 4.69) is 0 Å². The highest BCUT2D eigenvalue weighted by Crippen LogP contribution is 2.64. The number of halogens is 1. The van der Waals surface area contributed by atoms with Gasteiger partial charge in [0.15, 0.2) is 0 Å². The van der Waals surface area contributed by atoms with Crippen molar-refractivity contribution in [2.45, 2.75) is 24.2 Å². The summed E-state index contributed by atoms with van der Waals surface area (Å²) in [5.74, 6) is -5.19. The zero-order valence-electron chi connectivity index (χ0n) is 27.6. The first-order valence-electron chi connectivity index (χ1n) is 17.0. The molecule has 3 fully saturated rings. The second-order valence-electron chi connectivity index (χ2n) is 13.5. The van der Waals surface area contributed by atoms with Gasteiger partial charge in [0.25, 0.3) is 5.69 Å². The van der Waals surface area contributed by atoms with E-state index in [1.165, 1.54) is 29.2 Å². The number of fused-ring (bicyclic) bond motifs is 4. The molecule has 12 heteroatoms. The molecule has 0 aromatic heterocycles. The molecule has 4 aromatic rings. The summed E-state index contributed by atoms with van der Waals surface area (Å²) in [7, 11) is 0. The molecule has 4 aromatic carbocycles. The monoisotopic (exact) mass is 717 g/mol. The molecule has 8 rings (SSSR count). The van der Waals surface area contributed by atoms with Crippen molar-refractivity contribution >= 4 is 52.3 Å². The van der Waals surface area contributed by atoms with Crippen molar-refractivity contribution in [3.63, 3.8) is 0 Å². The molecule has 2 aliphatic carbocycles. The Morgan fingerprint density at radius 2 is 1.54 bits per heavy atom. The molecular weight excluding hydrogens is 686 g/mol. The standard InChI is InChI=1S/C40H32ClN3O8/c41-25-8-4-9-26(20-25)43-37(47)33-22-32-30(16-17-31-34(32)38(48)42(36(31)46)27-10-5-11-28(21-27)44(50)51)35(23-12-14-29(15-13-23)52-19-18-45)40(33,39(43)49)24-6-2-1-3-7-24/h1-16,20-21,31-35,45H,17-19,22H2/t31-,32+,33-,34-,35-,40+/m0/s1. The summed E-state index contributed by atoms with van der Waals surface area (Å²) in [4.78, 5) is 71.9. The molecule has 262 valence electrons. The second-order valence-corrected chi connectivity index (χ2v) is 14.0. The Balaban J connectivity index is 1.31. The predicted octanol–water partition coefficient (Wildman–Crippen LogP) is 5.99. The fraction of sp³-hybridized carbons (Fsp3) is 0.250. The van der Waals surface area contributed by atoms with E-state index in [1.807, 2.05) is 48.5 Å². The SMILES string of the molecule is O=C1[C@H]2[C@H](CC=C3[C@H]2C[C@H]2C(=O)N(c4cccc(Cl)c4)C(=O)[C@@]2(c2ccccc2)[C@H]3c2ccc(OCCO)cc2)C(=O)N1c1cccc([N+](=O)[O-])c1. The summed E-state index contributed by atoms with van der Waals surface area (Å²) in [6.07, 6.45) is 2.27. The minimum absolute atomic E-state index is 0.0912. The van der Waals surface area contributed by atoms with Crippen LogP contribution in [0.1, 0.15) is 29.9 Å². The first-order valence-corrected chi connectivity index (χ1v) is 17.4. The number of nitro groups is 1. The Kier molecular flexibility index (Phi) is 8.27. The third kappa shape index (κ3) is 4.98. The number of aliphatic hydroxyl groups excluding tert-OH is 1. The number of imide groups is 2. The topological polar surface area (TPSA) is 147 Å². The van der Waals surface area contributed by atoms with Crippen LogP contribution in [-0.2, 0) is 24.6 Å². The number of ether oxygens (including phenoxy) is 1. The van der Waals surface area contributed by atoms with E-state index in [9.17, 15) is 29.6 Å². The number of aliphatic hydroxyl groups is 1. The van der Waals surface area contributed by atoms with Crippen molar-refractivity contribution in [3.8, 4) is 5.75 Å². The molecule has 0 bridgehead atoms. The van der Waals surface area contributed by atoms with Crippen molar-refractivity contribution in [2.24, 2.45) is 23.7 Å². The molecule has 2 aliphatic heterocycles. The molecule has 1 N–H and O–H groups in total. The maximum Gasteiger partial charge on any atom is 0.271 e. The lowest BCUT2D eigenvalue weighted by molar-refractivity contribution is -0.384. The van der Waals surface area contributed by atoms with Gasteiger partial charge in [-0.05, 0) is 66.3 Å². The van der Waals surface area contributed by atoms with Crippen molar-refractivity contribution in [1.82, 2.24) is 0 Å². The van der Waals surface area contributed by atoms with Crippen LogP contribution >= 0.6 is 11.6 Å². The average molecular weight is 718 g/mol. The van der Waals surface area contributed by atoms with Gasteiger partial charge in [0.05, 0.1) is 46.1 Å². The molecule has 4 aliphatic rings. The third-order valence-electron chi connectivity index (χ3n) is 11.0. The van der Waals surface area contributed by atoms with Crippen LogP contribution < -0.4 is 14.5 Å². The highest BCUT2D eigenvalue weighted by Gasteiger charge is 2.70. The van der Waals surface area contributed by atoms with Gasteiger partial charge in [0.1, 0.15) is 12.4 Å². The molecule has 11 nitrogen and oxygen atoms in total. The van der Waals surface area contributed by atoms with E-state index in [4.69, 9.17) is 16.3 Å². The maximum absolute atomic E-state index is 15.3. The molecule has 1 saturated carbocycles. The minimum Gasteiger partial charge on any atom is -0.491 e. The van der Waals surface area contributed by atoms with E-state index in [1.54, 1.807) is 36.4 Å². The maximum atomic E-state index is 15.3. The first-order chi connectivity index (χ1) is 25.2. The highest BCUT2D eigenvalue weighted by molar-refractivity contribution is 6.32. The van der Waals surface area contributed by atoms with Gasteiger partial charge in [-0.2, -0.15) is 0 Å². The molecule has 0 radical (unpaired) electrons. The molecule has 52 heavy (non-hydrogen) atoms. The fourth-order valence-corrected chi connectivity index (χ4v) is 9.22. The van der Waals surface area contributed by atoms with E-state index in [0.29, 0.717) is 27.6 Å². The molecule has 2 heterocycles. The second kappa shape index (κ2) is 12.8. The number of benzene rings is 4. The van der Waals surface area contributed by atoms with Gasteiger partial charge in [-0.15, -0.1) is 0 Å². The lowest BCUT2D eigenvalue weighted by Crippen LogP contribution is -2.53. The molecule has 0 spiro atoms. The minimum atomic E-state index is -1.44. The van der Waals surface area contributed by atoms with Gasteiger partial charge in [-0.3, -0.25) is 29.3 Å². The van der Waals surface area contributed by atoms with E-state index < -0.39 is 63.6 Å². The van der Waals surface area contributed by atoms with Crippen LogP contribution in [0.3, 0.4) is 0 Å². The normalized spacial score (nSPS) is 26.5. The zero-order chi connectivity index (χ0) is 36.3. The van der Waals surface area contributed by atoms with Gasteiger partial charge >= 0.3 is 0 Å². The number of hydrogen-bond donors (Lipinski definition) is 1. The number of rotatable bonds is 8. The van der Waals surface area contributed by atoms with Crippen LogP contribution in [0.5, 0.6) is 5.75 Å². The Bertz CT molecular complexity index is 2170. The summed E-state index contributed by atoms with van der Waals surface area (Å²) in [5.41, 5.74) is 0.889. The number of allylic oxidation sites excluding steroid dienone is 2. The van der Waals surface area contributed by atoms with Crippen LogP contribution in [0.2, 0.25) is 5.02 Å². The smallest absolute Gasteiger partial charge is 0.271 e. The predicted molar refractivity (Wildman–Crippen MR) is 191 cm³/mol. The van der Waals surface area contributed by atoms with Gasteiger partial charge in [-0.1, -0.05) is 77.8 Å². The first kappa shape index (κ1) is 33.5. The number of anilines is 2. The Labute approximate surface area is 303 Å². The summed E-state index contributed by atoms with van der Waals surface area (Å²) in [5, 5.41) is 21.3. The number of hydrogen-bond acceptors (Lipinski definition) is 8. The lowest BCUT2D eigenvalue weighted by atomic mass is 9.49. The van der Waals surface area contributed by atoms with Crippen molar-refractivity contribution in [1.29, 1.82) is 0 Å². The summed E-state index contributed by atoms with van der Waals surface area (Å²) < 4.78 is 5.65. The summed E-state index contributed by atoms with van der Waals surface area (Å²) in [6.45, 7) is -0.0791. The Morgan fingerprint density at radius 1 is 0.827 bits per heavy atom. The van der Waals surface area contributed by atoms with Gasteiger partial charge in [0.2, 0.25) is 23.6 Å². The average Bonchev–Trinajstić information content (AvgIpc) is 3.55. The van der Waals surface area contributed by atoms with E-state index >= 15 is 4.79 Å². The van der Waals surface area contributed by atoms with Crippen molar-refractivity contribution in [3.05, 3.63) is 141 Å². The van der Waals surface area contributed by atoms with E-state index in [-0.39, 0.29) is 37.4 Å². The molecule has 4 amide bonds. The van der Waals surface area contributed by atoms with Gasteiger partial charge < -0.3 is 9.84 Å². The highest BCUT2D eigenvalue weighted by atomic mass is 35.5. The number of non-ortho nitro benzene ring substituents is 1. The van der Waals surface area contributed by atoms with Crippen LogP contribution in [0.25, 0.3) is 0 Å². The molecule has 6 atom stereocenters. The van der Waals surface area contributed by atoms with Gasteiger partial charge in [-0.25, -0.2) is 9.80 Å². The zero-order valence-corrected chi connectivity index (χ0v) is 28.4. The van der Waals surface area contributed by atoms with Crippen LogP contribution in [0.4, 0.5) is 17.1 Å². The summed E-state index contributed by atoms with van der Waals surface area (Å²) >= 11 is 6.38. The number of amides is 4. The lowest BCUT2D eigenvalue weighted by Gasteiger charge is -2.50. The van der Waals surface area contributed by atoms with Crippen molar-refractivity contribution < 1.29 is 33.9 Å². The Hall–Kier alpha value is -5.65. The molecular formula is C40H32ClN3O8. The largest absolute Gasteiger partial charge is 0.491 e. The van der Waals surface area contributed by atoms with E-state index in [0.717, 1.165) is 10.5 Å². The molecule has 2 saturated heterocycles. The summed E-state index contributed by atoms with van der Waals surface area (Å²) in [6, 6.07) is 28.4. The van der Waals surface area contributed by atoms with Crippen LogP contribution in [0.15, 0.2) is 115 Å². The van der Waals surface area contributed by atoms with Gasteiger partial charge in [0, 0.05) is 23.1 Å².